The van der Waals surface area contributed by atoms with Crippen molar-refractivity contribution in [2.45, 2.75) is 50.4 Å². The summed E-state index contributed by atoms with van der Waals surface area (Å²) in [6.07, 6.45) is 5.37. The quantitative estimate of drug-likeness (QED) is 0.438. The minimum absolute atomic E-state index is 0.00613. The molecule has 3 heterocycles. The van der Waals surface area contributed by atoms with E-state index in [-0.39, 0.29) is 35.1 Å². The average Bonchev–Trinajstić information content (AvgIpc) is 2.88. The summed E-state index contributed by atoms with van der Waals surface area (Å²) < 4.78 is 17.7. The zero-order chi connectivity index (χ0) is 16.5. The maximum atomic E-state index is 12.7. The van der Waals surface area contributed by atoms with Gasteiger partial charge >= 0.3 is 5.97 Å². The SMILES string of the molecule is CC1=CC[C@@]23O[C@]2(C)CC[C@@H]2[C@H](OC(=O)[C@@H]2CN2CCOCC2)[C@@H]13. The lowest BCUT2D eigenvalue weighted by Crippen LogP contribution is -2.42. The van der Waals surface area contributed by atoms with Gasteiger partial charge in [-0.25, -0.2) is 0 Å². The number of esters is 1. The fourth-order valence-electron chi connectivity index (χ4n) is 5.86. The molecular formula is C19H27NO4. The lowest BCUT2D eigenvalue weighted by atomic mass is 9.77. The lowest BCUT2D eigenvalue weighted by molar-refractivity contribution is -0.146. The highest BCUT2D eigenvalue weighted by molar-refractivity contribution is 5.76. The number of morpholine rings is 1. The Balaban J connectivity index is 1.41. The molecule has 5 heteroatoms. The molecule has 5 nitrogen and oxygen atoms in total. The second kappa shape index (κ2) is 5.05. The Labute approximate surface area is 143 Å². The monoisotopic (exact) mass is 333 g/mol. The molecule has 0 N–H and O–H groups in total. The smallest absolute Gasteiger partial charge is 0.310 e. The van der Waals surface area contributed by atoms with Gasteiger partial charge in [-0.3, -0.25) is 9.69 Å². The predicted octanol–water partition coefficient (Wildman–Crippen LogP) is 1.76. The molecule has 4 fully saturated rings. The van der Waals surface area contributed by atoms with Crippen LogP contribution in [0.25, 0.3) is 0 Å². The van der Waals surface area contributed by atoms with Crippen molar-refractivity contribution in [3.63, 3.8) is 0 Å². The summed E-state index contributed by atoms with van der Waals surface area (Å²) in [4.78, 5) is 15.0. The molecule has 0 unspecified atom stereocenters. The molecular weight excluding hydrogens is 306 g/mol. The molecule has 0 aromatic carbocycles. The molecule has 5 rings (SSSR count). The van der Waals surface area contributed by atoms with E-state index in [1.807, 2.05) is 0 Å². The summed E-state index contributed by atoms with van der Waals surface area (Å²) in [5.74, 6) is 0.612. The van der Waals surface area contributed by atoms with Crippen LogP contribution in [0.5, 0.6) is 0 Å². The van der Waals surface area contributed by atoms with Crippen LogP contribution in [-0.4, -0.2) is 61.0 Å². The maximum Gasteiger partial charge on any atom is 0.310 e. The van der Waals surface area contributed by atoms with E-state index >= 15 is 0 Å². The van der Waals surface area contributed by atoms with E-state index < -0.39 is 0 Å². The van der Waals surface area contributed by atoms with Gasteiger partial charge < -0.3 is 14.2 Å². The summed E-state index contributed by atoms with van der Waals surface area (Å²) in [5.41, 5.74) is 1.24. The van der Waals surface area contributed by atoms with E-state index in [4.69, 9.17) is 14.2 Å². The van der Waals surface area contributed by atoms with E-state index in [1.165, 1.54) is 5.57 Å². The molecule has 2 aliphatic carbocycles. The fourth-order valence-corrected chi connectivity index (χ4v) is 5.86. The molecule has 24 heavy (non-hydrogen) atoms. The summed E-state index contributed by atoms with van der Waals surface area (Å²) >= 11 is 0. The van der Waals surface area contributed by atoms with Gasteiger partial charge in [0.15, 0.2) is 0 Å². The normalized spacial score (nSPS) is 50.4. The van der Waals surface area contributed by atoms with Crippen molar-refractivity contribution in [1.82, 2.24) is 4.90 Å². The lowest BCUT2D eigenvalue weighted by Gasteiger charge is -2.31. The number of carbonyl (C=O) groups excluding carboxylic acids is 1. The van der Waals surface area contributed by atoms with Crippen LogP contribution >= 0.6 is 0 Å². The highest BCUT2D eigenvalue weighted by Crippen LogP contribution is 2.67. The average molecular weight is 333 g/mol. The van der Waals surface area contributed by atoms with E-state index in [1.54, 1.807) is 0 Å². The second-order valence-electron chi connectivity index (χ2n) is 8.48. The van der Waals surface area contributed by atoms with Crippen molar-refractivity contribution in [2.24, 2.45) is 17.8 Å². The van der Waals surface area contributed by atoms with Crippen molar-refractivity contribution in [3.8, 4) is 0 Å². The number of ether oxygens (including phenoxy) is 3. The number of carbonyl (C=O) groups is 1. The van der Waals surface area contributed by atoms with Gasteiger partial charge in [-0.05, 0) is 33.1 Å². The highest BCUT2D eigenvalue weighted by Gasteiger charge is 2.75. The molecule has 0 aromatic rings. The van der Waals surface area contributed by atoms with E-state index in [2.05, 4.69) is 24.8 Å². The summed E-state index contributed by atoms with van der Waals surface area (Å²) in [5, 5.41) is 0. The minimum Gasteiger partial charge on any atom is -0.461 e. The number of epoxide rings is 1. The Kier molecular flexibility index (Phi) is 3.23. The van der Waals surface area contributed by atoms with Crippen LogP contribution in [0, 0.1) is 17.8 Å². The van der Waals surface area contributed by atoms with Gasteiger partial charge in [0, 0.05) is 31.5 Å². The van der Waals surface area contributed by atoms with Gasteiger partial charge in [0.1, 0.15) is 11.7 Å². The van der Waals surface area contributed by atoms with E-state index in [0.29, 0.717) is 5.92 Å². The molecule has 3 saturated heterocycles. The van der Waals surface area contributed by atoms with Crippen LogP contribution in [-0.2, 0) is 19.0 Å². The third-order valence-corrected chi connectivity index (χ3v) is 7.32. The summed E-state index contributed by atoms with van der Waals surface area (Å²) in [6.45, 7) is 8.66. The number of hydrogen-bond acceptors (Lipinski definition) is 5. The van der Waals surface area contributed by atoms with Gasteiger partial charge in [0.25, 0.3) is 0 Å². The number of fused-ring (bicyclic) bond motifs is 2. The first kappa shape index (κ1) is 15.4. The predicted molar refractivity (Wildman–Crippen MR) is 87.4 cm³/mol. The Morgan fingerprint density at radius 2 is 2.12 bits per heavy atom. The molecule has 0 radical (unpaired) electrons. The van der Waals surface area contributed by atoms with Crippen molar-refractivity contribution in [3.05, 3.63) is 11.6 Å². The largest absolute Gasteiger partial charge is 0.461 e. The van der Waals surface area contributed by atoms with E-state index in [0.717, 1.165) is 52.1 Å². The van der Waals surface area contributed by atoms with E-state index in [9.17, 15) is 4.79 Å². The van der Waals surface area contributed by atoms with Crippen molar-refractivity contribution >= 4 is 5.97 Å². The van der Waals surface area contributed by atoms with Crippen LogP contribution < -0.4 is 0 Å². The zero-order valence-corrected chi connectivity index (χ0v) is 14.6. The Hall–Kier alpha value is -0.910. The molecule has 1 saturated carbocycles. The van der Waals surface area contributed by atoms with Crippen LogP contribution in [0.15, 0.2) is 11.6 Å². The van der Waals surface area contributed by atoms with Crippen LogP contribution in [0.1, 0.15) is 33.1 Å². The summed E-state index contributed by atoms with van der Waals surface area (Å²) in [6, 6.07) is 0. The topological polar surface area (TPSA) is 51.3 Å². The molecule has 6 atom stereocenters. The highest BCUT2D eigenvalue weighted by atomic mass is 16.6. The first-order chi connectivity index (χ1) is 11.5. The molecule has 1 spiro atoms. The van der Waals surface area contributed by atoms with Crippen molar-refractivity contribution < 1.29 is 19.0 Å². The molecule has 0 amide bonds. The minimum atomic E-state index is -0.0926. The fraction of sp³-hybridized carbons (Fsp3) is 0.842. The molecule has 0 bridgehead atoms. The third kappa shape index (κ3) is 1.95. The van der Waals surface area contributed by atoms with Crippen LogP contribution in [0.4, 0.5) is 0 Å². The number of hydrogen-bond donors (Lipinski definition) is 0. The van der Waals surface area contributed by atoms with Crippen LogP contribution in [0.2, 0.25) is 0 Å². The van der Waals surface area contributed by atoms with Gasteiger partial charge in [-0.1, -0.05) is 11.6 Å². The first-order valence-corrected chi connectivity index (χ1v) is 9.41. The Morgan fingerprint density at radius 3 is 2.92 bits per heavy atom. The standard InChI is InChI=1S/C19H27NO4/c1-12-3-6-19-15(12)16-13(4-5-18(19,2)24-19)14(17(21)23-16)11-20-7-9-22-10-8-20/h3,13-16H,4-11H2,1-2H3/t13-,14+,15+,16-,18+,19-/m0/s1. The maximum absolute atomic E-state index is 12.7. The molecule has 3 aliphatic heterocycles. The number of nitrogens with zero attached hydrogens (tertiary/aromatic N) is 1. The first-order valence-electron chi connectivity index (χ1n) is 9.41. The van der Waals surface area contributed by atoms with Crippen LogP contribution in [0.3, 0.4) is 0 Å². The van der Waals surface area contributed by atoms with Crippen molar-refractivity contribution in [1.29, 1.82) is 0 Å². The second-order valence-corrected chi connectivity index (χ2v) is 8.48. The Bertz CT molecular complexity index is 598. The number of rotatable bonds is 2. The third-order valence-electron chi connectivity index (χ3n) is 7.32. The Morgan fingerprint density at radius 1 is 1.33 bits per heavy atom. The van der Waals surface area contributed by atoms with Gasteiger partial charge in [0.2, 0.25) is 0 Å². The zero-order valence-electron chi connectivity index (χ0n) is 14.6. The van der Waals surface area contributed by atoms with Gasteiger partial charge in [-0.2, -0.15) is 0 Å². The summed E-state index contributed by atoms with van der Waals surface area (Å²) in [7, 11) is 0. The van der Waals surface area contributed by atoms with Gasteiger partial charge in [-0.15, -0.1) is 0 Å². The molecule has 0 aromatic heterocycles. The molecule has 132 valence electrons. The van der Waals surface area contributed by atoms with Crippen molar-refractivity contribution in [2.75, 3.05) is 32.8 Å². The van der Waals surface area contributed by atoms with Gasteiger partial charge in [0.05, 0.1) is 24.7 Å². The molecule has 5 aliphatic rings.